The number of benzene rings is 1. The van der Waals surface area contributed by atoms with Gasteiger partial charge in [-0.1, -0.05) is 38.1 Å². The van der Waals surface area contributed by atoms with Gasteiger partial charge in [-0.3, -0.25) is 9.78 Å². The average molecular weight is 267 g/mol. The maximum atomic E-state index is 12.6. The van der Waals surface area contributed by atoms with Gasteiger partial charge in [-0.25, -0.2) is 0 Å². The Morgan fingerprint density at radius 3 is 2.60 bits per heavy atom. The van der Waals surface area contributed by atoms with E-state index >= 15 is 0 Å². The van der Waals surface area contributed by atoms with Crippen LogP contribution >= 0.6 is 0 Å². The first kappa shape index (κ1) is 14.4. The first-order valence-electron chi connectivity index (χ1n) is 7.04. The van der Waals surface area contributed by atoms with E-state index in [9.17, 15) is 4.79 Å². The predicted octanol–water partition coefficient (Wildman–Crippen LogP) is 4.13. The molecule has 0 spiro atoms. The Morgan fingerprint density at radius 1 is 1.20 bits per heavy atom. The van der Waals surface area contributed by atoms with Gasteiger partial charge in [0.1, 0.15) is 5.69 Å². The second-order valence-electron chi connectivity index (χ2n) is 5.81. The summed E-state index contributed by atoms with van der Waals surface area (Å²) in [6.45, 7) is 8.28. The summed E-state index contributed by atoms with van der Waals surface area (Å²) in [5.74, 6) is 0.590. The molecule has 0 amide bonds. The van der Waals surface area contributed by atoms with Crippen LogP contribution in [-0.2, 0) is 6.42 Å². The fourth-order valence-electron chi connectivity index (χ4n) is 2.40. The van der Waals surface area contributed by atoms with E-state index in [1.165, 1.54) is 5.56 Å². The summed E-state index contributed by atoms with van der Waals surface area (Å²) < 4.78 is 0. The number of carbonyl (C=O) groups is 1. The van der Waals surface area contributed by atoms with Crippen LogP contribution in [0, 0.1) is 19.8 Å². The largest absolute Gasteiger partial charge is 0.287 e. The zero-order valence-corrected chi connectivity index (χ0v) is 12.6. The van der Waals surface area contributed by atoms with Crippen molar-refractivity contribution in [3.8, 4) is 0 Å². The van der Waals surface area contributed by atoms with Crippen molar-refractivity contribution in [1.29, 1.82) is 0 Å². The van der Waals surface area contributed by atoms with E-state index in [1.807, 2.05) is 38.1 Å². The molecule has 0 bridgehead atoms. The Labute approximate surface area is 120 Å². The molecule has 2 nitrogen and oxygen atoms in total. The highest BCUT2D eigenvalue weighted by atomic mass is 16.1. The molecule has 0 atom stereocenters. The Kier molecular flexibility index (Phi) is 4.33. The minimum absolute atomic E-state index is 0.00751. The first-order chi connectivity index (χ1) is 9.47. The number of rotatable bonds is 4. The van der Waals surface area contributed by atoms with E-state index in [2.05, 4.69) is 24.9 Å². The highest BCUT2D eigenvalue weighted by Gasteiger charge is 2.14. The highest BCUT2D eigenvalue weighted by Crippen LogP contribution is 2.16. The lowest BCUT2D eigenvalue weighted by Gasteiger charge is -2.08. The van der Waals surface area contributed by atoms with E-state index < -0.39 is 0 Å². The van der Waals surface area contributed by atoms with Gasteiger partial charge in [0.25, 0.3) is 0 Å². The van der Waals surface area contributed by atoms with Crippen LogP contribution in [-0.4, -0.2) is 10.8 Å². The number of carbonyl (C=O) groups excluding carboxylic acids is 1. The smallest absolute Gasteiger partial charge is 0.211 e. The van der Waals surface area contributed by atoms with E-state index in [4.69, 9.17) is 0 Å². The summed E-state index contributed by atoms with van der Waals surface area (Å²) in [7, 11) is 0. The summed E-state index contributed by atoms with van der Waals surface area (Å²) in [5.41, 5.74) is 4.49. The molecule has 2 aromatic rings. The van der Waals surface area contributed by atoms with E-state index in [-0.39, 0.29) is 5.78 Å². The molecule has 1 aromatic carbocycles. The number of hydrogen-bond donors (Lipinski definition) is 0. The Hall–Kier alpha value is -1.96. The molecule has 20 heavy (non-hydrogen) atoms. The van der Waals surface area contributed by atoms with Crippen LogP contribution < -0.4 is 0 Å². The van der Waals surface area contributed by atoms with Gasteiger partial charge in [0, 0.05) is 11.8 Å². The van der Waals surface area contributed by atoms with Crippen LogP contribution in [0.25, 0.3) is 0 Å². The number of aryl methyl sites for hydroxylation is 2. The van der Waals surface area contributed by atoms with Gasteiger partial charge in [-0.05, 0) is 48.9 Å². The third-order valence-electron chi connectivity index (χ3n) is 3.26. The average Bonchev–Trinajstić information content (AvgIpc) is 2.37. The highest BCUT2D eigenvalue weighted by molar-refractivity contribution is 6.08. The molecule has 2 rings (SSSR count). The molecule has 0 aliphatic rings. The van der Waals surface area contributed by atoms with Crippen molar-refractivity contribution in [2.45, 2.75) is 34.1 Å². The second kappa shape index (κ2) is 6.00. The molecule has 0 fully saturated rings. The van der Waals surface area contributed by atoms with Crippen LogP contribution in [0.1, 0.15) is 46.6 Å². The standard InChI is InChI=1S/C18H21NO/c1-12(2)8-15-6-5-7-16(10-15)18(20)17-14(4)9-13(3)11-19-17/h5-7,9-12H,8H2,1-4H3. The van der Waals surface area contributed by atoms with E-state index in [0.717, 1.165) is 23.1 Å². The van der Waals surface area contributed by atoms with Crippen LogP contribution in [0.2, 0.25) is 0 Å². The Balaban J connectivity index is 2.33. The zero-order valence-electron chi connectivity index (χ0n) is 12.6. The molecule has 0 aliphatic carbocycles. The van der Waals surface area contributed by atoms with Crippen molar-refractivity contribution in [2.24, 2.45) is 5.92 Å². The molecule has 104 valence electrons. The number of hydrogen-bond acceptors (Lipinski definition) is 2. The third kappa shape index (κ3) is 3.32. The lowest BCUT2D eigenvalue weighted by molar-refractivity contribution is 0.103. The third-order valence-corrected chi connectivity index (χ3v) is 3.26. The maximum Gasteiger partial charge on any atom is 0.211 e. The molecule has 0 saturated heterocycles. The fraction of sp³-hybridized carbons (Fsp3) is 0.333. The minimum atomic E-state index is 0.00751. The fourth-order valence-corrected chi connectivity index (χ4v) is 2.40. The van der Waals surface area contributed by atoms with Crippen LogP contribution in [0.15, 0.2) is 36.5 Å². The van der Waals surface area contributed by atoms with Crippen LogP contribution in [0.4, 0.5) is 0 Å². The first-order valence-corrected chi connectivity index (χ1v) is 7.04. The van der Waals surface area contributed by atoms with Gasteiger partial charge in [-0.15, -0.1) is 0 Å². The molecule has 0 N–H and O–H groups in total. The zero-order chi connectivity index (χ0) is 14.7. The molecular weight excluding hydrogens is 246 g/mol. The van der Waals surface area contributed by atoms with Crippen LogP contribution in [0.3, 0.4) is 0 Å². The Morgan fingerprint density at radius 2 is 1.95 bits per heavy atom. The quantitative estimate of drug-likeness (QED) is 0.780. The number of aromatic nitrogens is 1. The van der Waals surface area contributed by atoms with Crippen molar-refractivity contribution in [3.63, 3.8) is 0 Å². The second-order valence-corrected chi connectivity index (χ2v) is 5.81. The maximum absolute atomic E-state index is 12.6. The Bertz CT molecular complexity index is 629. The number of pyridine rings is 1. The normalized spacial score (nSPS) is 10.8. The molecule has 2 heteroatoms. The monoisotopic (exact) mass is 267 g/mol. The van der Waals surface area contributed by atoms with Crippen molar-refractivity contribution < 1.29 is 4.79 Å². The van der Waals surface area contributed by atoms with E-state index in [1.54, 1.807) is 6.20 Å². The van der Waals surface area contributed by atoms with Crippen molar-refractivity contribution in [1.82, 2.24) is 4.98 Å². The summed E-state index contributed by atoms with van der Waals surface area (Å²) >= 11 is 0. The van der Waals surface area contributed by atoms with Gasteiger partial charge in [-0.2, -0.15) is 0 Å². The van der Waals surface area contributed by atoms with Gasteiger partial charge < -0.3 is 0 Å². The topological polar surface area (TPSA) is 30.0 Å². The number of nitrogens with zero attached hydrogens (tertiary/aromatic N) is 1. The SMILES string of the molecule is Cc1cnc(C(=O)c2cccc(CC(C)C)c2)c(C)c1. The molecule has 1 aromatic heterocycles. The minimum Gasteiger partial charge on any atom is -0.287 e. The van der Waals surface area contributed by atoms with Gasteiger partial charge in [0.05, 0.1) is 0 Å². The number of ketones is 1. The molecule has 0 saturated carbocycles. The molecule has 1 heterocycles. The van der Waals surface area contributed by atoms with Crippen molar-refractivity contribution in [2.75, 3.05) is 0 Å². The molecular formula is C18H21NO. The van der Waals surface area contributed by atoms with Crippen molar-refractivity contribution in [3.05, 3.63) is 64.5 Å². The summed E-state index contributed by atoms with van der Waals surface area (Å²) in [6, 6.07) is 9.88. The van der Waals surface area contributed by atoms with Gasteiger partial charge >= 0.3 is 0 Å². The predicted molar refractivity (Wildman–Crippen MR) is 82.1 cm³/mol. The lowest BCUT2D eigenvalue weighted by Crippen LogP contribution is -2.07. The summed E-state index contributed by atoms with van der Waals surface area (Å²) in [5, 5.41) is 0. The van der Waals surface area contributed by atoms with E-state index in [0.29, 0.717) is 11.6 Å². The van der Waals surface area contributed by atoms with Crippen molar-refractivity contribution >= 4 is 5.78 Å². The van der Waals surface area contributed by atoms with Crippen LogP contribution in [0.5, 0.6) is 0 Å². The summed E-state index contributed by atoms with van der Waals surface area (Å²) in [6.07, 6.45) is 2.74. The van der Waals surface area contributed by atoms with Gasteiger partial charge in [0.15, 0.2) is 0 Å². The molecule has 0 unspecified atom stereocenters. The molecule has 0 aliphatic heterocycles. The summed E-state index contributed by atoms with van der Waals surface area (Å²) in [4.78, 5) is 16.8. The van der Waals surface area contributed by atoms with Gasteiger partial charge in [0.2, 0.25) is 5.78 Å². The molecule has 0 radical (unpaired) electrons. The lowest BCUT2D eigenvalue weighted by atomic mass is 9.97.